The van der Waals surface area contributed by atoms with Crippen LogP contribution in [0, 0.1) is 29.1 Å². The lowest BCUT2D eigenvalue weighted by molar-refractivity contribution is -0.143. The van der Waals surface area contributed by atoms with Gasteiger partial charge in [-0.2, -0.15) is 0 Å². The highest BCUT2D eigenvalue weighted by molar-refractivity contribution is 5.85. The van der Waals surface area contributed by atoms with Crippen molar-refractivity contribution in [1.82, 2.24) is 4.90 Å². The number of amides is 1. The second-order valence-corrected chi connectivity index (χ2v) is 8.55. The summed E-state index contributed by atoms with van der Waals surface area (Å²) in [6.45, 7) is 3.28. The Hall–Kier alpha value is -0.860. The summed E-state index contributed by atoms with van der Waals surface area (Å²) in [5, 5.41) is 0. The molecule has 4 saturated carbocycles. The third-order valence-corrected chi connectivity index (χ3v) is 6.72. The largest absolute Gasteiger partial charge is 0.342 e. The number of Topliss-reactive ketones (excluding diaryl/α,β-unsaturated/α-hetero) is 1. The molecule has 116 valence electrons. The molecule has 0 aromatic heterocycles. The van der Waals surface area contributed by atoms with E-state index >= 15 is 0 Å². The highest BCUT2D eigenvalue weighted by Gasteiger charge is 2.51. The molecule has 1 heterocycles. The van der Waals surface area contributed by atoms with Gasteiger partial charge in [0.15, 0.2) is 0 Å². The van der Waals surface area contributed by atoms with E-state index in [1.807, 2.05) is 11.8 Å². The van der Waals surface area contributed by atoms with Gasteiger partial charge in [0.2, 0.25) is 5.91 Å². The van der Waals surface area contributed by atoms with E-state index in [0.29, 0.717) is 36.6 Å². The van der Waals surface area contributed by atoms with Crippen LogP contribution in [0.2, 0.25) is 0 Å². The van der Waals surface area contributed by atoms with Crippen LogP contribution in [0.25, 0.3) is 0 Å². The van der Waals surface area contributed by atoms with E-state index in [1.165, 1.54) is 38.5 Å². The van der Waals surface area contributed by atoms with E-state index in [4.69, 9.17) is 0 Å². The Bertz CT molecular complexity index is 435. The van der Waals surface area contributed by atoms with E-state index in [9.17, 15) is 9.59 Å². The minimum absolute atomic E-state index is 0.0408. The molecule has 0 N–H and O–H groups in total. The van der Waals surface area contributed by atoms with Crippen LogP contribution in [0.3, 0.4) is 0 Å². The molecule has 0 spiro atoms. The van der Waals surface area contributed by atoms with Crippen molar-refractivity contribution in [2.75, 3.05) is 13.1 Å². The van der Waals surface area contributed by atoms with Crippen LogP contribution in [0.5, 0.6) is 0 Å². The number of ketones is 1. The van der Waals surface area contributed by atoms with Crippen molar-refractivity contribution < 1.29 is 9.59 Å². The predicted molar refractivity (Wildman–Crippen MR) is 80.6 cm³/mol. The summed E-state index contributed by atoms with van der Waals surface area (Å²) in [5.41, 5.74) is 0.330. The summed E-state index contributed by atoms with van der Waals surface area (Å²) < 4.78 is 0. The van der Waals surface area contributed by atoms with Crippen molar-refractivity contribution in [1.29, 1.82) is 0 Å². The van der Waals surface area contributed by atoms with E-state index in [-0.39, 0.29) is 5.92 Å². The maximum Gasteiger partial charge on any atom is 0.223 e. The first-order valence-electron chi connectivity index (χ1n) is 8.83. The van der Waals surface area contributed by atoms with Gasteiger partial charge in [-0.05, 0) is 61.7 Å². The zero-order valence-electron chi connectivity index (χ0n) is 13.1. The first kappa shape index (κ1) is 13.8. The number of carbonyl (C=O) groups is 2. The van der Waals surface area contributed by atoms with Crippen molar-refractivity contribution in [2.45, 2.75) is 58.3 Å². The Labute approximate surface area is 127 Å². The molecule has 5 rings (SSSR count). The minimum Gasteiger partial charge on any atom is -0.342 e. The molecule has 5 aliphatic rings. The average molecular weight is 289 g/mol. The highest BCUT2D eigenvalue weighted by Crippen LogP contribution is 2.61. The van der Waals surface area contributed by atoms with Crippen LogP contribution < -0.4 is 0 Å². The number of likely N-dealkylation sites (tertiary alicyclic amines) is 1. The number of rotatable bonds is 2. The Morgan fingerprint density at radius 2 is 1.71 bits per heavy atom. The second-order valence-electron chi connectivity index (χ2n) is 8.55. The molecule has 0 aromatic carbocycles. The number of hydrogen-bond acceptors (Lipinski definition) is 2. The molecule has 4 bridgehead atoms. The molecule has 21 heavy (non-hydrogen) atoms. The summed E-state index contributed by atoms with van der Waals surface area (Å²) >= 11 is 0. The molecule has 4 aliphatic carbocycles. The number of nitrogens with zero attached hydrogens (tertiary/aromatic N) is 1. The molecular weight excluding hydrogens is 262 g/mol. The molecule has 1 saturated heterocycles. The average Bonchev–Trinajstić information content (AvgIpc) is 2.39. The molecule has 1 unspecified atom stereocenters. The van der Waals surface area contributed by atoms with Crippen LogP contribution in [0.1, 0.15) is 58.3 Å². The Morgan fingerprint density at radius 1 is 1.14 bits per heavy atom. The van der Waals surface area contributed by atoms with Crippen molar-refractivity contribution in [3.63, 3.8) is 0 Å². The molecule has 3 heteroatoms. The fraction of sp³-hybridized carbons (Fsp3) is 0.889. The summed E-state index contributed by atoms with van der Waals surface area (Å²) in [7, 11) is 0. The minimum atomic E-state index is 0.0408. The normalized spacial score (nSPS) is 45.2. The first-order chi connectivity index (χ1) is 10.0. The summed E-state index contributed by atoms with van der Waals surface area (Å²) in [6.07, 6.45) is 9.52. The Morgan fingerprint density at radius 3 is 2.24 bits per heavy atom. The van der Waals surface area contributed by atoms with E-state index in [0.717, 1.165) is 24.2 Å². The van der Waals surface area contributed by atoms with Gasteiger partial charge in [-0.1, -0.05) is 6.92 Å². The molecular formula is C18H27NO2. The lowest BCUT2D eigenvalue weighted by Gasteiger charge is -2.57. The SMILES string of the molecule is CC1CN(C(=O)CC23CC4CC(CC(C4)C2)C3)CCC1=O. The van der Waals surface area contributed by atoms with E-state index in [1.54, 1.807) is 0 Å². The number of carbonyl (C=O) groups excluding carboxylic acids is 2. The zero-order chi connectivity index (χ0) is 14.6. The molecule has 0 radical (unpaired) electrons. The van der Waals surface area contributed by atoms with Crippen molar-refractivity contribution in [2.24, 2.45) is 29.1 Å². The predicted octanol–water partition coefficient (Wildman–Crippen LogP) is 3.03. The van der Waals surface area contributed by atoms with Crippen molar-refractivity contribution in [3.8, 4) is 0 Å². The lowest BCUT2D eigenvalue weighted by Crippen LogP contribution is -2.50. The van der Waals surface area contributed by atoms with Crippen LogP contribution in [-0.2, 0) is 9.59 Å². The van der Waals surface area contributed by atoms with Gasteiger partial charge in [-0.15, -0.1) is 0 Å². The quantitative estimate of drug-likeness (QED) is 0.783. The van der Waals surface area contributed by atoms with Crippen LogP contribution >= 0.6 is 0 Å². The number of hydrogen-bond donors (Lipinski definition) is 0. The van der Waals surface area contributed by atoms with E-state index < -0.39 is 0 Å². The van der Waals surface area contributed by atoms with Gasteiger partial charge >= 0.3 is 0 Å². The zero-order valence-corrected chi connectivity index (χ0v) is 13.1. The Balaban J connectivity index is 1.44. The van der Waals surface area contributed by atoms with Gasteiger partial charge in [-0.3, -0.25) is 9.59 Å². The third-order valence-electron chi connectivity index (χ3n) is 6.72. The van der Waals surface area contributed by atoms with Crippen molar-refractivity contribution >= 4 is 11.7 Å². The second kappa shape index (κ2) is 4.82. The summed E-state index contributed by atoms with van der Waals surface area (Å²) in [6, 6.07) is 0. The molecule has 5 fully saturated rings. The fourth-order valence-corrected chi connectivity index (χ4v) is 6.18. The van der Waals surface area contributed by atoms with Gasteiger partial charge in [0.05, 0.1) is 0 Å². The topological polar surface area (TPSA) is 37.4 Å². The maximum atomic E-state index is 12.7. The van der Waals surface area contributed by atoms with Crippen LogP contribution in [0.4, 0.5) is 0 Å². The number of piperidine rings is 1. The van der Waals surface area contributed by atoms with Crippen molar-refractivity contribution in [3.05, 3.63) is 0 Å². The maximum absolute atomic E-state index is 12.7. The monoisotopic (exact) mass is 289 g/mol. The molecule has 0 aromatic rings. The van der Waals surface area contributed by atoms with Gasteiger partial charge in [-0.25, -0.2) is 0 Å². The standard InChI is InChI=1S/C18H27NO2/c1-12-11-19(3-2-16(12)20)17(21)10-18-7-13-4-14(8-18)6-15(5-13)9-18/h12-15H,2-11H2,1H3. The molecule has 1 amide bonds. The molecule has 1 aliphatic heterocycles. The van der Waals surface area contributed by atoms with Gasteiger partial charge in [0, 0.05) is 31.8 Å². The van der Waals surface area contributed by atoms with Crippen LogP contribution in [0.15, 0.2) is 0 Å². The van der Waals surface area contributed by atoms with E-state index in [2.05, 4.69) is 0 Å². The van der Waals surface area contributed by atoms with Gasteiger partial charge < -0.3 is 4.90 Å². The highest BCUT2D eigenvalue weighted by atomic mass is 16.2. The molecule has 1 atom stereocenters. The van der Waals surface area contributed by atoms with Gasteiger partial charge in [0.25, 0.3) is 0 Å². The third kappa shape index (κ3) is 2.43. The fourth-order valence-electron chi connectivity index (χ4n) is 6.18. The summed E-state index contributed by atoms with van der Waals surface area (Å²) in [5.74, 6) is 3.42. The van der Waals surface area contributed by atoms with Crippen LogP contribution in [-0.4, -0.2) is 29.7 Å². The Kier molecular flexibility index (Phi) is 3.16. The summed E-state index contributed by atoms with van der Waals surface area (Å²) in [4.78, 5) is 26.4. The smallest absolute Gasteiger partial charge is 0.223 e. The van der Waals surface area contributed by atoms with Gasteiger partial charge in [0.1, 0.15) is 5.78 Å². The first-order valence-corrected chi connectivity index (χ1v) is 8.83. The lowest BCUT2D eigenvalue weighted by atomic mass is 9.49. The molecule has 3 nitrogen and oxygen atoms in total.